The maximum absolute atomic E-state index is 6.43. The first-order chi connectivity index (χ1) is 9.43. The van der Waals surface area contributed by atoms with Gasteiger partial charge in [0.1, 0.15) is 0 Å². The molecule has 1 aliphatic rings. The van der Waals surface area contributed by atoms with Crippen molar-refractivity contribution in [3.8, 4) is 0 Å². The Morgan fingerprint density at radius 1 is 1.40 bits per heavy atom. The molecule has 2 N–H and O–H groups in total. The minimum absolute atomic E-state index is 0.204. The Labute approximate surface area is 135 Å². The summed E-state index contributed by atoms with van der Waals surface area (Å²) in [7, 11) is 0. The smallest absolute Gasteiger partial charge is 0.0488 e. The van der Waals surface area contributed by atoms with Gasteiger partial charge in [0.15, 0.2) is 0 Å². The summed E-state index contributed by atoms with van der Waals surface area (Å²) in [5, 5.41) is 0.799. The quantitative estimate of drug-likeness (QED) is 0.863. The standard InChI is InChI=1S/C16H24BrClN2/c1-10-6-11(2)12(3)20(9-10)16(8-19)14-5-4-13(17)7-15(14)18/h4-5,7,10-12,16H,6,8-9,19H2,1-3H3. The third-order valence-electron chi connectivity index (χ3n) is 4.59. The van der Waals surface area contributed by atoms with E-state index in [4.69, 9.17) is 17.3 Å². The Kier molecular flexibility index (Phi) is 5.52. The highest BCUT2D eigenvalue weighted by Crippen LogP contribution is 2.36. The molecule has 1 saturated heterocycles. The van der Waals surface area contributed by atoms with Crippen LogP contribution in [0.15, 0.2) is 22.7 Å². The maximum Gasteiger partial charge on any atom is 0.0488 e. The summed E-state index contributed by atoms with van der Waals surface area (Å²) in [5.74, 6) is 1.41. The summed E-state index contributed by atoms with van der Waals surface area (Å²) in [6, 6.07) is 6.85. The van der Waals surface area contributed by atoms with Crippen molar-refractivity contribution in [2.24, 2.45) is 17.6 Å². The lowest BCUT2D eigenvalue weighted by Gasteiger charge is -2.45. The van der Waals surface area contributed by atoms with Gasteiger partial charge in [-0.05, 0) is 42.9 Å². The zero-order valence-electron chi connectivity index (χ0n) is 12.4. The fourth-order valence-electron chi connectivity index (χ4n) is 3.38. The van der Waals surface area contributed by atoms with Gasteiger partial charge in [0, 0.05) is 34.7 Å². The molecule has 4 heteroatoms. The van der Waals surface area contributed by atoms with E-state index in [0.29, 0.717) is 24.4 Å². The van der Waals surface area contributed by atoms with Crippen molar-refractivity contribution in [2.75, 3.05) is 13.1 Å². The molecular formula is C16H24BrClN2. The predicted molar refractivity (Wildman–Crippen MR) is 90.1 cm³/mol. The molecule has 2 nitrogen and oxygen atoms in total. The van der Waals surface area contributed by atoms with Crippen LogP contribution in [0.3, 0.4) is 0 Å². The molecule has 112 valence electrons. The Morgan fingerprint density at radius 3 is 2.70 bits per heavy atom. The van der Waals surface area contributed by atoms with E-state index in [1.165, 1.54) is 6.42 Å². The predicted octanol–water partition coefficient (Wildman–Crippen LogP) is 4.47. The molecule has 2 rings (SSSR count). The molecule has 4 unspecified atom stereocenters. The van der Waals surface area contributed by atoms with E-state index in [0.717, 1.165) is 21.6 Å². The average molecular weight is 360 g/mol. The van der Waals surface area contributed by atoms with Crippen LogP contribution in [0.5, 0.6) is 0 Å². The Bertz CT molecular complexity index is 466. The highest BCUT2D eigenvalue weighted by atomic mass is 79.9. The van der Waals surface area contributed by atoms with Crippen LogP contribution in [0, 0.1) is 11.8 Å². The van der Waals surface area contributed by atoms with Crippen molar-refractivity contribution >= 4 is 27.5 Å². The molecular weight excluding hydrogens is 336 g/mol. The van der Waals surface area contributed by atoms with Gasteiger partial charge in [-0.25, -0.2) is 0 Å². The van der Waals surface area contributed by atoms with Crippen LogP contribution >= 0.6 is 27.5 Å². The van der Waals surface area contributed by atoms with Crippen LogP contribution in [0.2, 0.25) is 5.02 Å². The number of halogens is 2. The van der Waals surface area contributed by atoms with Gasteiger partial charge in [-0.2, -0.15) is 0 Å². The van der Waals surface area contributed by atoms with Gasteiger partial charge in [0.2, 0.25) is 0 Å². The highest BCUT2D eigenvalue weighted by molar-refractivity contribution is 9.10. The average Bonchev–Trinajstić information content (AvgIpc) is 2.38. The van der Waals surface area contributed by atoms with Crippen LogP contribution in [-0.2, 0) is 0 Å². The van der Waals surface area contributed by atoms with Crippen LogP contribution in [0.25, 0.3) is 0 Å². The topological polar surface area (TPSA) is 29.3 Å². The number of benzene rings is 1. The van der Waals surface area contributed by atoms with E-state index in [-0.39, 0.29) is 6.04 Å². The van der Waals surface area contributed by atoms with E-state index in [2.05, 4.69) is 47.7 Å². The van der Waals surface area contributed by atoms with Crippen molar-refractivity contribution in [3.63, 3.8) is 0 Å². The van der Waals surface area contributed by atoms with Crippen LogP contribution in [0.4, 0.5) is 0 Å². The lowest BCUT2D eigenvalue weighted by atomic mass is 9.84. The first-order valence-corrected chi connectivity index (χ1v) is 8.51. The first-order valence-electron chi connectivity index (χ1n) is 7.34. The summed E-state index contributed by atoms with van der Waals surface area (Å²) in [6.45, 7) is 8.67. The largest absolute Gasteiger partial charge is 0.329 e. The Hall–Kier alpha value is -0.0900. The highest BCUT2D eigenvalue weighted by Gasteiger charge is 2.34. The van der Waals surface area contributed by atoms with Gasteiger partial charge >= 0.3 is 0 Å². The summed E-state index contributed by atoms with van der Waals surface area (Å²) < 4.78 is 1.01. The molecule has 0 amide bonds. The van der Waals surface area contributed by atoms with Crippen molar-refractivity contribution in [3.05, 3.63) is 33.3 Å². The Balaban J connectivity index is 2.31. The molecule has 0 saturated carbocycles. The molecule has 1 aromatic rings. The van der Waals surface area contributed by atoms with E-state index < -0.39 is 0 Å². The number of nitrogens with two attached hydrogens (primary N) is 1. The molecule has 1 heterocycles. The monoisotopic (exact) mass is 358 g/mol. The lowest BCUT2D eigenvalue weighted by molar-refractivity contribution is 0.0425. The number of piperidine rings is 1. The van der Waals surface area contributed by atoms with Gasteiger partial charge in [-0.15, -0.1) is 0 Å². The molecule has 20 heavy (non-hydrogen) atoms. The molecule has 0 radical (unpaired) electrons. The van der Waals surface area contributed by atoms with Crippen LogP contribution < -0.4 is 5.73 Å². The third kappa shape index (κ3) is 3.38. The summed E-state index contributed by atoms with van der Waals surface area (Å²) in [6.07, 6.45) is 1.29. The van der Waals surface area contributed by atoms with Crippen molar-refractivity contribution in [1.29, 1.82) is 0 Å². The number of hydrogen-bond acceptors (Lipinski definition) is 2. The second kappa shape index (κ2) is 6.78. The maximum atomic E-state index is 6.43. The van der Waals surface area contributed by atoms with E-state index in [1.54, 1.807) is 0 Å². The summed E-state index contributed by atoms with van der Waals surface area (Å²) >= 11 is 9.90. The molecule has 1 fully saturated rings. The molecule has 0 aliphatic carbocycles. The van der Waals surface area contributed by atoms with E-state index >= 15 is 0 Å². The number of hydrogen-bond donors (Lipinski definition) is 1. The lowest BCUT2D eigenvalue weighted by Crippen LogP contribution is -2.49. The number of likely N-dealkylation sites (tertiary alicyclic amines) is 1. The molecule has 1 aromatic carbocycles. The van der Waals surface area contributed by atoms with E-state index in [9.17, 15) is 0 Å². The molecule has 4 atom stereocenters. The zero-order valence-corrected chi connectivity index (χ0v) is 14.8. The molecule has 1 aliphatic heterocycles. The fraction of sp³-hybridized carbons (Fsp3) is 0.625. The molecule has 0 bridgehead atoms. The number of nitrogens with zero attached hydrogens (tertiary/aromatic N) is 1. The minimum Gasteiger partial charge on any atom is -0.329 e. The van der Waals surface area contributed by atoms with Gasteiger partial charge in [0.05, 0.1) is 0 Å². The first kappa shape index (κ1) is 16.3. The van der Waals surface area contributed by atoms with Gasteiger partial charge < -0.3 is 5.73 Å². The fourth-order valence-corrected chi connectivity index (χ4v) is 4.18. The second-order valence-corrected chi connectivity index (χ2v) is 7.50. The van der Waals surface area contributed by atoms with Gasteiger partial charge in [-0.3, -0.25) is 4.90 Å². The van der Waals surface area contributed by atoms with Crippen molar-refractivity contribution < 1.29 is 0 Å². The van der Waals surface area contributed by atoms with E-state index in [1.807, 2.05) is 12.1 Å². The van der Waals surface area contributed by atoms with Crippen molar-refractivity contribution in [1.82, 2.24) is 4.90 Å². The molecule has 0 spiro atoms. The van der Waals surface area contributed by atoms with Crippen LogP contribution in [-0.4, -0.2) is 24.0 Å². The second-order valence-electron chi connectivity index (χ2n) is 6.17. The zero-order chi connectivity index (χ0) is 14.9. The SMILES string of the molecule is CC1CC(C)C(C)N(C(CN)c2ccc(Br)cc2Cl)C1. The normalized spacial score (nSPS) is 29.4. The van der Waals surface area contributed by atoms with Crippen molar-refractivity contribution in [2.45, 2.75) is 39.3 Å². The third-order valence-corrected chi connectivity index (χ3v) is 5.41. The molecule has 0 aromatic heterocycles. The summed E-state index contributed by atoms with van der Waals surface area (Å²) in [5.41, 5.74) is 7.23. The minimum atomic E-state index is 0.204. The Morgan fingerprint density at radius 2 is 2.10 bits per heavy atom. The number of rotatable bonds is 3. The van der Waals surface area contributed by atoms with Crippen LogP contribution in [0.1, 0.15) is 38.8 Å². The summed E-state index contributed by atoms with van der Waals surface area (Å²) in [4.78, 5) is 2.54. The van der Waals surface area contributed by atoms with Gasteiger partial charge in [0.25, 0.3) is 0 Å². The van der Waals surface area contributed by atoms with Gasteiger partial charge in [-0.1, -0.05) is 47.4 Å².